The summed E-state index contributed by atoms with van der Waals surface area (Å²) < 4.78 is 0.615. The first-order valence-corrected chi connectivity index (χ1v) is 6.41. The molecule has 1 aliphatic heterocycles. The molecule has 0 bridgehead atoms. The molecule has 1 aromatic rings. The minimum absolute atomic E-state index is 0.0224. The molecule has 2 N–H and O–H groups in total. The van der Waals surface area contributed by atoms with Crippen molar-refractivity contribution >= 4 is 27.7 Å². The van der Waals surface area contributed by atoms with Crippen molar-refractivity contribution in [2.45, 2.75) is 31.8 Å². The zero-order valence-corrected chi connectivity index (χ0v) is 11.0. The minimum Gasteiger partial charge on any atom is -0.308 e. The molecule has 1 amide bonds. The number of aromatic nitrogens is 2. The van der Waals surface area contributed by atoms with E-state index < -0.39 is 0 Å². The van der Waals surface area contributed by atoms with Crippen LogP contribution in [0.5, 0.6) is 0 Å². The summed E-state index contributed by atoms with van der Waals surface area (Å²) >= 11 is 3.22. The predicted octanol–water partition coefficient (Wildman–Crippen LogP) is 1.32. The van der Waals surface area contributed by atoms with E-state index in [-0.39, 0.29) is 11.9 Å². The van der Waals surface area contributed by atoms with E-state index in [1.54, 1.807) is 12.4 Å². The molecule has 6 heteroatoms. The quantitative estimate of drug-likeness (QED) is 0.864. The van der Waals surface area contributed by atoms with E-state index in [4.69, 9.17) is 0 Å². The lowest BCUT2D eigenvalue weighted by molar-refractivity contribution is -0.118. The Hall–Kier alpha value is -1.01. The number of hydrogen-bond donors (Lipinski definition) is 2. The third kappa shape index (κ3) is 2.07. The zero-order chi connectivity index (χ0) is 12.0. The topological polar surface area (TPSA) is 66.9 Å². The van der Waals surface area contributed by atoms with Crippen LogP contribution in [0.2, 0.25) is 0 Å². The number of fused-ring (bicyclic) bond motifs is 1. The second kappa shape index (κ2) is 3.74. The Balaban J connectivity index is 1.64. The summed E-state index contributed by atoms with van der Waals surface area (Å²) in [5.74, 6) is 0.461. The van der Waals surface area contributed by atoms with E-state index >= 15 is 0 Å². The van der Waals surface area contributed by atoms with Gasteiger partial charge in [-0.05, 0) is 34.2 Å². The normalized spacial score (nSPS) is 34.2. The number of halogens is 1. The third-order valence-corrected chi connectivity index (χ3v) is 3.98. The lowest BCUT2D eigenvalue weighted by Crippen LogP contribution is -2.38. The van der Waals surface area contributed by atoms with Crippen LogP contribution >= 0.6 is 15.9 Å². The summed E-state index contributed by atoms with van der Waals surface area (Å²) in [6.07, 6.45) is 5.22. The van der Waals surface area contributed by atoms with Gasteiger partial charge >= 0.3 is 0 Å². The van der Waals surface area contributed by atoms with Crippen molar-refractivity contribution in [1.29, 1.82) is 0 Å². The molecule has 2 heterocycles. The molecule has 3 rings (SSSR count). The van der Waals surface area contributed by atoms with Gasteiger partial charge in [-0.25, -0.2) is 4.98 Å². The summed E-state index contributed by atoms with van der Waals surface area (Å²) in [6.45, 7) is 2.22. The highest BCUT2D eigenvalue weighted by Crippen LogP contribution is 2.53. The maximum atomic E-state index is 12.0. The van der Waals surface area contributed by atoms with Crippen molar-refractivity contribution in [3.8, 4) is 0 Å². The molecule has 17 heavy (non-hydrogen) atoms. The molecule has 5 nitrogen and oxygen atoms in total. The fourth-order valence-electron chi connectivity index (χ4n) is 2.45. The van der Waals surface area contributed by atoms with E-state index in [0.717, 1.165) is 6.42 Å². The summed E-state index contributed by atoms with van der Waals surface area (Å²) in [6, 6.07) is 0.423. The lowest BCUT2D eigenvalue weighted by Gasteiger charge is -2.13. The number of carbonyl (C=O) groups excluding carboxylic acids is 1. The molecule has 1 aromatic heterocycles. The predicted molar refractivity (Wildman–Crippen MR) is 66.4 cm³/mol. The monoisotopic (exact) mass is 296 g/mol. The molecule has 0 spiro atoms. The van der Waals surface area contributed by atoms with Crippen molar-refractivity contribution in [3.05, 3.63) is 17.0 Å². The van der Waals surface area contributed by atoms with Gasteiger partial charge in [-0.3, -0.25) is 9.78 Å². The Morgan fingerprint density at radius 3 is 3.06 bits per heavy atom. The molecule has 0 unspecified atom stereocenters. The molecule has 0 radical (unpaired) electrons. The van der Waals surface area contributed by atoms with Crippen molar-refractivity contribution in [3.63, 3.8) is 0 Å². The number of nitrogens with zero attached hydrogens (tertiary/aromatic N) is 2. The van der Waals surface area contributed by atoms with Crippen molar-refractivity contribution in [1.82, 2.24) is 15.3 Å². The maximum absolute atomic E-state index is 12.0. The Morgan fingerprint density at radius 2 is 2.41 bits per heavy atom. The Kier molecular flexibility index (Phi) is 2.45. The molecule has 3 atom stereocenters. The summed E-state index contributed by atoms with van der Waals surface area (Å²) in [7, 11) is 0. The number of amides is 1. The third-order valence-electron chi connectivity index (χ3n) is 3.60. The fourth-order valence-corrected chi connectivity index (χ4v) is 2.75. The van der Waals surface area contributed by atoms with Crippen LogP contribution in [-0.4, -0.2) is 28.0 Å². The molecular formula is C11H13BrN4O. The summed E-state index contributed by atoms with van der Waals surface area (Å²) in [4.78, 5) is 20.1. The van der Waals surface area contributed by atoms with Gasteiger partial charge in [-0.1, -0.05) is 6.92 Å². The van der Waals surface area contributed by atoms with Gasteiger partial charge in [0, 0.05) is 6.04 Å². The minimum atomic E-state index is -0.0977. The number of carbonyl (C=O) groups is 1. The second-order valence-corrected chi connectivity index (χ2v) is 5.86. The van der Waals surface area contributed by atoms with Crippen LogP contribution in [-0.2, 0) is 4.79 Å². The first-order valence-electron chi connectivity index (χ1n) is 5.61. The van der Waals surface area contributed by atoms with Crippen LogP contribution in [0.3, 0.4) is 0 Å². The highest BCUT2D eigenvalue weighted by atomic mass is 79.9. The Bertz CT molecular complexity index is 480. The van der Waals surface area contributed by atoms with Gasteiger partial charge in [-0.2, -0.15) is 0 Å². The summed E-state index contributed by atoms with van der Waals surface area (Å²) in [5, 5.41) is 6.11. The van der Waals surface area contributed by atoms with E-state index in [1.807, 2.05) is 0 Å². The highest BCUT2D eigenvalue weighted by molar-refractivity contribution is 9.10. The summed E-state index contributed by atoms with van der Waals surface area (Å²) in [5.41, 5.74) is 0.338. The highest BCUT2D eigenvalue weighted by Gasteiger charge is 2.58. The van der Waals surface area contributed by atoms with E-state index in [0.29, 0.717) is 21.9 Å². The second-order valence-electron chi connectivity index (χ2n) is 5.05. The molecule has 1 saturated heterocycles. The smallest absolute Gasteiger partial charge is 0.242 e. The average Bonchev–Trinajstić information content (AvgIpc) is 2.77. The van der Waals surface area contributed by atoms with Crippen molar-refractivity contribution < 1.29 is 4.79 Å². The molecular weight excluding hydrogens is 284 g/mol. The van der Waals surface area contributed by atoms with Crippen molar-refractivity contribution in [2.75, 3.05) is 5.32 Å². The van der Waals surface area contributed by atoms with Gasteiger partial charge in [0.1, 0.15) is 4.60 Å². The molecule has 2 aliphatic rings. The molecule has 90 valence electrons. The van der Waals surface area contributed by atoms with E-state index in [1.165, 1.54) is 6.42 Å². The molecule has 0 aromatic carbocycles. The molecule has 1 saturated carbocycles. The maximum Gasteiger partial charge on any atom is 0.242 e. The van der Waals surface area contributed by atoms with Crippen LogP contribution in [0.15, 0.2) is 17.0 Å². The number of hydrogen-bond acceptors (Lipinski definition) is 4. The number of rotatable bonds is 2. The fraction of sp³-hybridized carbons (Fsp3) is 0.545. The van der Waals surface area contributed by atoms with Gasteiger partial charge in [0.2, 0.25) is 5.91 Å². The average molecular weight is 297 g/mol. The molecule has 2 fully saturated rings. The van der Waals surface area contributed by atoms with Gasteiger partial charge in [0.25, 0.3) is 0 Å². The first-order chi connectivity index (χ1) is 8.07. The van der Waals surface area contributed by atoms with E-state index in [9.17, 15) is 4.79 Å². The lowest BCUT2D eigenvalue weighted by atomic mass is 10.0. The standard InChI is InChI=1S/C11H13BrN4O/c1-11-2-6(14-7(11)3-11)10(17)16-9-5-13-4-8(12)15-9/h4-7,14H,2-3H2,1H3,(H,15,16,17)/t6-,7+,11-/m0/s1. The zero-order valence-electron chi connectivity index (χ0n) is 9.40. The Morgan fingerprint density at radius 1 is 1.59 bits per heavy atom. The van der Waals surface area contributed by atoms with Crippen LogP contribution < -0.4 is 10.6 Å². The van der Waals surface area contributed by atoms with Crippen molar-refractivity contribution in [2.24, 2.45) is 5.41 Å². The number of nitrogens with one attached hydrogen (secondary N) is 2. The molecule has 1 aliphatic carbocycles. The Labute approximate surface area is 108 Å². The SMILES string of the molecule is C[C@@]12C[C@@H](C(=O)Nc3cncc(Br)n3)N[C@@H]1C2. The number of anilines is 1. The van der Waals surface area contributed by atoms with Crippen LogP contribution in [0, 0.1) is 5.41 Å². The number of piperidine rings is 1. The first kappa shape index (κ1) is 11.1. The van der Waals surface area contributed by atoms with Gasteiger partial charge in [0.05, 0.1) is 18.4 Å². The van der Waals surface area contributed by atoms with Crippen LogP contribution in [0.25, 0.3) is 0 Å². The van der Waals surface area contributed by atoms with Gasteiger partial charge in [0.15, 0.2) is 5.82 Å². The van der Waals surface area contributed by atoms with Gasteiger partial charge < -0.3 is 10.6 Å². The van der Waals surface area contributed by atoms with E-state index in [2.05, 4.69) is 43.5 Å². The van der Waals surface area contributed by atoms with Gasteiger partial charge in [-0.15, -0.1) is 0 Å². The largest absolute Gasteiger partial charge is 0.308 e. The van der Waals surface area contributed by atoms with Crippen LogP contribution in [0.1, 0.15) is 19.8 Å². The van der Waals surface area contributed by atoms with Crippen LogP contribution in [0.4, 0.5) is 5.82 Å².